The molecule has 6 heteroatoms. The van der Waals surface area contributed by atoms with Crippen molar-refractivity contribution in [3.8, 4) is 0 Å². The maximum atomic E-state index is 12.2. The van der Waals surface area contributed by atoms with E-state index >= 15 is 0 Å². The van der Waals surface area contributed by atoms with E-state index in [1.165, 1.54) is 11.8 Å². The maximum absolute atomic E-state index is 12.2. The molecule has 1 heterocycles. The maximum Gasteiger partial charge on any atom is 0.224 e. The molecule has 0 radical (unpaired) electrons. The number of hydrogen-bond acceptors (Lipinski definition) is 4. The van der Waals surface area contributed by atoms with Crippen LogP contribution in [0.3, 0.4) is 0 Å². The molecule has 0 fully saturated rings. The Morgan fingerprint density at radius 3 is 2.32 bits per heavy atom. The van der Waals surface area contributed by atoms with E-state index in [0.717, 1.165) is 6.42 Å². The van der Waals surface area contributed by atoms with Crippen molar-refractivity contribution >= 4 is 35.6 Å². The summed E-state index contributed by atoms with van der Waals surface area (Å²) < 4.78 is 0. The number of amides is 1. The van der Waals surface area contributed by atoms with E-state index in [1.54, 1.807) is 12.1 Å². The van der Waals surface area contributed by atoms with Crippen molar-refractivity contribution in [2.24, 2.45) is 5.92 Å². The second kappa shape index (κ2) is 9.79. The lowest BCUT2D eigenvalue weighted by atomic mass is 9.99. The lowest BCUT2D eigenvalue weighted by Gasteiger charge is -2.07. The highest BCUT2D eigenvalue weighted by Crippen LogP contribution is 2.13. The first-order valence-corrected chi connectivity index (χ1v) is 8.07. The smallest absolute Gasteiger partial charge is 0.224 e. The number of halogens is 1. The van der Waals surface area contributed by atoms with Gasteiger partial charge in [0.05, 0.1) is 11.9 Å². The molecule has 0 saturated carbocycles. The number of aromatic nitrogens is 1. The van der Waals surface area contributed by atoms with Crippen LogP contribution in [0.5, 0.6) is 0 Å². The van der Waals surface area contributed by atoms with Crippen LogP contribution >= 0.6 is 12.4 Å². The average Bonchev–Trinajstić information content (AvgIpc) is 2.55. The molecule has 3 N–H and O–H groups in total. The Morgan fingerprint density at radius 2 is 1.76 bits per heavy atom. The van der Waals surface area contributed by atoms with E-state index in [9.17, 15) is 9.59 Å². The number of nitrogens with one attached hydrogen (secondary N) is 1. The van der Waals surface area contributed by atoms with Gasteiger partial charge >= 0.3 is 0 Å². The zero-order chi connectivity index (χ0) is 17.5. The average molecular weight is 362 g/mol. The highest BCUT2D eigenvalue weighted by molar-refractivity contribution is 6.00. The van der Waals surface area contributed by atoms with Crippen LogP contribution in [0.15, 0.2) is 42.6 Å². The largest absolute Gasteiger partial charge is 0.384 e. The number of anilines is 2. The molecule has 2 aromatic rings. The van der Waals surface area contributed by atoms with E-state index in [0.29, 0.717) is 23.0 Å². The number of nitrogens with two attached hydrogens (primary N) is 1. The van der Waals surface area contributed by atoms with Crippen molar-refractivity contribution in [1.29, 1.82) is 0 Å². The van der Waals surface area contributed by atoms with Crippen LogP contribution in [-0.2, 0) is 11.2 Å². The fourth-order valence-corrected chi connectivity index (χ4v) is 2.37. The molecule has 2 rings (SSSR count). The Hall–Kier alpha value is -2.40. The molecule has 0 aliphatic carbocycles. The third-order valence-electron chi connectivity index (χ3n) is 3.57. The van der Waals surface area contributed by atoms with Gasteiger partial charge in [0.25, 0.3) is 0 Å². The second-order valence-corrected chi connectivity index (χ2v) is 6.24. The fraction of sp³-hybridized carbons (Fsp3) is 0.316. The van der Waals surface area contributed by atoms with Gasteiger partial charge in [-0.25, -0.2) is 4.98 Å². The summed E-state index contributed by atoms with van der Waals surface area (Å²) in [5, 5.41) is 2.70. The Kier molecular flexibility index (Phi) is 8.08. The first kappa shape index (κ1) is 20.6. The zero-order valence-electron chi connectivity index (χ0n) is 14.5. The van der Waals surface area contributed by atoms with Crippen molar-refractivity contribution < 1.29 is 9.59 Å². The van der Waals surface area contributed by atoms with Crippen LogP contribution in [0.25, 0.3) is 0 Å². The number of carbonyl (C=O) groups is 2. The van der Waals surface area contributed by atoms with Gasteiger partial charge in [0.2, 0.25) is 5.91 Å². The van der Waals surface area contributed by atoms with Gasteiger partial charge in [0.15, 0.2) is 5.78 Å². The van der Waals surface area contributed by atoms with Crippen molar-refractivity contribution in [1.82, 2.24) is 4.98 Å². The molecule has 134 valence electrons. The second-order valence-electron chi connectivity index (χ2n) is 6.24. The first-order valence-electron chi connectivity index (χ1n) is 8.07. The van der Waals surface area contributed by atoms with Gasteiger partial charge in [-0.3, -0.25) is 9.59 Å². The lowest BCUT2D eigenvalue weighted by molar-refractivity contribution is -0.116. The predicted octanol–water partition coefficient (Wildman–Crippen LogP) is 3.89. The molecule has 0 unspecified atom stereocenters. The molecule has 1 amide bonds. The summed E-state index contributed by atoms with van der Waals surface area (Å²) in [6, 6.07) is 10.9. The number of carbonyl (C=O) groups excluding carboxylic acids is 2. The molecule has 0 atom stereocenters. The topological polar surface area (TPSA) is 85.1 Å². The quantitative estimate of drug-likeness (QED) is 0.733. The van der Waals surface area contributed by atoms with E-state index in [1.807, 2.05) is 24.3 Å². The molecule has 0 aliphatic heterocycles. The molecular formula is C19H24ClN3O2. The minimum absolute atomic E-state index is 0. The summed E-state index contributed by atoms with van der Waals surface area (Å²) in [6.07, 6.45) is 2.80. The molecule has 0 saturated heterocycles. The molecule has 1 aromatic heterocycles. The van der Waals surface area contributed by atoms with Crippen LogP contribution < -0.4 is 11.1 Å². The van der Waals surface area contributed by atoms with Gasteiger partial charge in [-0.1, -0.05) is 38.1 Å². The van der Waals surface area contributed by atoms with Gasteiger partial charge in [0.1, 0.15) is 5.82 Å². The summed E-state index contributed by atoms with van der Waals surface area (Å²) in [5.74, 6) is 0.727. The number of nitrogens with zero attached hydrogens (tertiary/aromatic N) is 1. The summed E-state index contributed by atoms with van der Waals surface area (Å²) in [6.45, 7) is 4.32. The normalized spacial score (nSPS) is 10.2. The van der Waals surface area contributed by atoms with Gasteiger partial charge < -0.3 is 11.1 Å². The summed E-state index contributed by atoms with van der Waals surface area (Å²) in [4.78, 5) is 28.0. The Bertz CT molecular complexity index is 698. The molecular weight excluding hydrogens is 338 g/mol. The Balaban J connectivity index is 0.00000312. The van der Waals surface area contributed by atoms with E-state index in [-0.39, 0.29) is 36.9 Å². The number of rotatable bonds is 7. The van der Waals surface area contributed by atoms with Crippen LogP contribution in [-0.4, -0.2) is 16.7 Å². The van der Waals surface area contributed by atoms with Crippen molar-refractivity contribution in [2.45, 2.75) is 33.1 Å². The number of Topliss-reactive ketones (excluding diaryl/α,β-unsaturated/α-hetero) is 1. The van der Waals surface area contributed by atoms with E-state index in [4.69, 9.17) is 5.73 Å². The third kappa shape index (κ3) is 6.93. The van der Waals surface area contributed by atoms with E-state index < -0.39 is 0 Å². The molecule has 0 spiro atoms. The SMILES string of the molecule is CC(C)Cc1ccc(C(=O)CCC(=O)Nc2ccc(N)nc2)cc1.Cl. The van der Waals surface area contributed by atoms with E-state index in [2.05, 4.69) is 24.1 Å². The highest BCUT2D eigenvalue weighted by Gasteiger charge is 2.10. The predicted molar refractivity (Wildman–Crippen MR) is 103 cm³/mol. The Morgan fingerprint density at radius 1 is 1.08 bits per heavy atom. The standard InChI is InChI=1S/C19H23N3O2.ClH/c1-13(2)11-14-3-5-15(6-4-14)17(23)8-10-19(24)22-16-7-9-18(20)21-12-16;/h3-7,9,12-13H,8,10-11H2,1-2H3,(H2,20,21)(H,22,24);1H. The number of ketones is 1. The van der Waals surface area contributed by atoms with Gasteiger partial charge in [-0.05, 0) is 30.0 Å². The van der Waals surface area contributed by atoms with Crippen LogP contribution in [0.1, 0.15) is 42.6 Å². The van der Waals surface area contributed by atoms with Crippen molar-refractivity contribution in [3.63, 3.8) is 0 Å². The van der Waals surface area contributed by atoms with Crippen molar-refractivity contribution in [3.05, 3.63) is 53.7 Å². The molecule has 0 aliphatic rings. The minimum atomic E-state index is -0.216. The van der Waals surface area contributed by atoms with Gasteiger partial charge in [0, 0.05) is 18.4 Å². The van der Waals surface area contributed by atoms with Gasteiger partial charge in [-0.15, -0.1) is 12.4 Å². The van der Waals surface area contributed by atoms with Crippen LogP contribution in [0.2, 0.25) is 0 Å². The molecule has 1 aromatic carbocycles. The van der Waals surface area contributed by atoms with Crippen molar-refractivity contribution in [2.75, 3.05) is 11.1 Å². The van der Waals surface area contributed by atoms with Crippen LogP contribution in [0, 0.1) is 5.92 Å². The fourth-order valence-electron chi connectivity index (χ4n) is 2.37. The van der Waals surface area contributed by atoms with Crippen LogP contribution in [0.4, 0.5) is 11.5 Å². The number of benzene rings is 1. The monoisotopic (exact) mass is 361 g/mol. The summed E-state index contributed by atoms with van der Waals surface area (Å²) >= 11 is 0. The highest BCUT2D eigenvalue weighted by atomic mass is 35.5. The van der Waals surface area contributed by atoms with Gasteiger partial charge in [-0.2, -0.15) is 0 Å². The molecule has 25 heavy (non-hydrogen) atoms. The zero-order valence-corrected chi connectivity index (χ0v) is 15.3. The molecule has 5 nitrogen and oxygen atoms in total. The lowest BCUT2D eigenvalue weighted by Crippen LogP contribution is -2.13. The first-order chi connectivity index (χ1) is 11.4. The number of nitrogen functional groups attached to an aromatic ring is 1. The minimum Gasteiger partial charge on any atom is -0.384 e. The number of hydrogen-bond donors (Lipinski definition) is 2. The Labute approximate surface area is 154 Å². The summed E-state index contributed by atoms with van der Waals surface area (Å²) in [5.41, 5.74) is 7.92. The third-order valence-corrected chi connectivity index (χ3v) is 3.57. The summed E-state index contributed by atoms with van der Waals surface area (Å²) in [7, 11) is 0. The molecule has 0 bridgehead atoms. The number of pyridine rings is 1.